The zero-order chi connectivity index (χ0) is 99.4. The third kappa shape index (κ3) is 31.5. The van der Waals surface area contributed by atoms with Gasteiger partial charge in [-0.3, -0.25) is 39.5 Å². The molecule has 3 radical (unpaired) electrons. The third-order valence-electron chi connectivity index (χ3n) is 24.8. The molecule has 14 N–H and O–H groups in total. The Kier molecular flexibility index (Phi) is 42.4. The van der Waals surface area contributed by atoms with Gasteiger partial charge in [0.1, 0.15) is 52.6 Å². The molecule has 16 aromatic rings. The molecule has 146 heavy (non-hydrogen) atoms. The number of ketones is 2. The van der Waals surface area contributed by atoms with Gasteiger partial charge in [-0.15, -0.1) is 24.8 Å². The number of Topliss-reactive ketones (excluding diaryl/α,β-unsaturated/α-hetero) is 2. The minimum Gasteiger partial charge on any atom is -1.00 e. The van der Waals surface area contributed by atoms with Crippen LogP contribution in [0.15, 0.2) is 287 Å². The van der Waals surface area contributed by atoms with E-state index in [9.17, 15) is 31.8 Å². The molecule has 7 aromatic carbocycles. The first-order valence-corrected chi connectivity index (χ1v) is 48.2. The Morgan fingerprint density at radius 3 is 1.10 bits per heavy atom. The van der Waals surface area contributed by atoms with Gasteiger partial charge in [-0.25, -0.2) is 45.2 Å². The number of carbonyl (C=O) groups excluding carboxylic acids is 3. The first-order chi connectivity index (χ1) is 68.1. The fraction of sp³-hybridized carbons (Fsp3) is 0.268. The smallest absolute Gasteiger partial charge is 1.00 e. The second kappa shape index (κ2) is 53.9. The number of anilines is 4. The number of nitrogens with two attached hydrogens (primary N) is 5. The Hall–Kier alpha value is -13.0. The van der Waals surface area contributed by atoms with Crippen molar-refractivity contribution in [1.29, 1.82) is 0 Å². The molecule has 9 heterocycles. The molecule has 0 amide bonds. The number of carbonyl (C=O) groups is 3. The number of nitrogens with zero attached hydrogens (tertiary/aromatic N) is 11. The van der Waals surface area contributed by atoms with Crippen LogP contribution < -0.4 is 78.9 Å². The molecule has 0 aliphatic heterocycles. The molecule has 0 bridgehead atoms. The van der Waals surface area contributed by atoms with Crippen LogP contribution in [0.25, 0.3) is 32.9 Å². The zero-order valence-corrected chi connectivity index (χ0v) is 86.2. The molecule has 24 nitrogen and oxygen atoms in total. The minimum absolute atomic E-state index is 0. The first-order valence-electron chi connectivity index (χ1n) is 47.1. The zero-order valence-electron chi connectivity index (χ0n) is 82.7. The van der Waals surface area contributed by atoms with Crippen molar-refractivity contribution in [3.05, 3.63) is 411 Å². The maximum absolute atomic E-state index is 15.1. The van der Waals surface area contributed by atoms with Crippen molar-refractivity contribution in [1.82, 2.24) is 75.1 Å². The molecule has 34 heteroatoms. The molecule has 20 rings (SSSR count). The molecule has 0 saturated heterocycles. The van der Waals surface area contributed by atoms with Crippen molar-refractivity contribution in [3.63, 3.8) is 0 Å². The van der Waals surface area contributed by atoms with Gasteiger partial charge >= 0.3 is 29.6 Å². The number of rotatable bonds is 30. The number of hydrogen-bond donors (Lipinski definition) is 9. The van der Waals surface area contributed by atoms with Crippen molar-refractivity contribution < 1.29 is 71.5 Å². The standard InChI is InChI=1S/C32H30FN5O.C31H29FN6O.C16H20FN3OS.C16H18FN3.C12H12FN3.C4H6O.CH4.B.2ClH.Na.H/c1-20-15-30(38(37-20)27-7-5-23-11-14-35-21(2)28(23)18-27)31(39)17-26-16-25(6-8-29(26)33)32(36-19-22-3-4-22)24-9-12-34-13-10-24;1-19-14-28(38(37-19)25-6-4-21-10-13-35-31(33)26(21)17-25)29(39)16-24-15-23(5-7-27(24)32)30(36-18-20-2-3-20)22-8-11-34-12-9-22;1-16(2,3)22(21)20-15(11-6-8-19-9-7-11)12-4-5-13(17)14(18)10-12;17-14-4-3-13(9-15(14)18)16(20-10-11-1-2-11)12-5-7-19-8-6-12;13-10-2-1-9(7-11(10)14)12(15)8-3-5-16-6-4-8;5-3-4-1-2-4;;;;;;/h5-16,18,22,32,36H,3-4,17,19H2,1-2H3;4-15,17,20,30,36H,2-3,16,18H2,1H3,(H2,33,35);4-10,15,20H,18H2,1-3H3;3-9,11,16,20H,1-2,10,18H2;1-7,12H,14-15H2;3-4H,1-2H2;1H4;;2*1H;;/q;;;;;;;;;;+1;-1/t;;15?,22-;;;;;;;;;/m..1........./s1. The fourth-order valence-electron chi connectivity index (χ4n) is 16.1. The summed E-state index contributed by atoms with van der Waals surface area (Å²) in [6.45, 7) is 14.1. The Bertz CT molecular complexity index is 6810. The van der Waals surface area contributed by atoms with Crippen LogP contribution in [0.1, 0.15) is 216 Å². The van der Waals surface area contributed by atoms with Crippen LogP contribution >= 0.6 is 24.8 Å². The van der Waals surface area contributed by atoms with Gasteiger partial charge in [0, 0.05) is 118 Å². The van der Waals surface area contributed by atoms with Crippen LogP contribution in [0.4, 0.5) is 44.8 Å². The molecule has 4 aliphatic rings. The van der Waals surface area contributed by atoms with Crippen molar-refractivity contribution in [2.75, 3.05) is 42.6 Å². The summed E-state index contributed by atoms with van der Waals surface area (Å²) in [4.78, 5) is 65.6. The van der Waals surface area contributed by atoms with Gasteiger partial charge in [0.2, 0.25) is 0 Å². The predicted octanol–water partition coefficient (Wildman–Crippen LogP) is 17.9. The van der Waals surface area contributed by atoms with Crippen LogP contribution in [0.5, 0.6) is 0 Å². The van der Waals surface area contributed by atoms with E-state index < -0.39 is 39.0 Å². The number of aromatic nitrogens is 11. The number of pyridine rings is 7. The van der Waals surface area contributed by atoms with Gasteiger partial charge in [0.25, 0.3) is 0 Å². The van der Waals surface area contributed by atoms with Crippen molar-refractivity contribution in [2.45, 2.75) is 148 Å². The van der Waals surface area contributed by atoms with E-state index >= 15 is 8.78 Å². The van der Waals surface area contributed by atoms with Crippen molar-refractivity contribution in [3.8, 4) is 11.4 Å². The largest absolute Gasteiger partial charge is 1.00 e. The Morgan fingerprint density at radius 1 is 0.418 bits per heavy atom. The summed E-state index contributed by atoms with van der Waals surface area (Å²) in [7, 11) is -1.29. The molecule has 0 spiro atoms. The van der Waals surface area contributed by atoms with E-state index in [2.05, 4.69) is 65.8 Å². The number of nitrogens with one attached hydrogen (secondary N) is 4. The van der Waals surface area contributed by atoms with Gasteiger partial charge < -0.3 is 50.8 Å². The number of aldehydes is 1. The topological polar surface area (TPSA) is 372 Å². The predicted molar refractivity (Wildman–Crippen MR) is 572 cm³/mol. The average Bonchev–Trinajstić information content (AvgIpc) is 1.65. The normalized spacial score (nSPS) is 14.0. The molecule has 5 unspecified atom stereocenters. The summed E-state index contributed by atoms with van der Waals surface area (Å²) < 4.78 is 88.2. The van der Waals surface area contributed by atoms with Crippen molar-refractivity contribution in [2.24, 2.45) is 29.4 Å². The SMILES string of the molecule is C.CC(C)(C)[S@@](=O)NC(c1ccncc1)c1ccc(F)c(N)c1.Cc1cc(C(=O)Cc2cc(C(NCC3CC3)c3ccncc3)ccc2F)n(-c2ccc3ccnc(C)c3c2)n1.Cc1cc(C(=O)Cc2cc(C(NCC3CC3)c3ccncc3)ccc2F)n(-c2ccc3ccnc(N)c3c2)n1.Cl.Cl.Nc1cc(C(N)c2ccncc2)ccc1F.Nc1cc(C(NCC2CC2)c2ccncc2)ccc1F.O=CC1CC1.[B].[H-].[Na+]. The summed E-state index contributed by atoms with van der Waals surface area (Å²) in [5.41, 5.74) is 44.0. The Morgan fingerprint density at radius 2 is 0.747 bits per heavy atom. The minimum atomic E-state index is -1.29. The van der Waals surface area contributed by atoms with E-state index in [0.717, 1.165) is 139 Å². The number of nitrogen functional groups attached to an aromatic ring is 4. The number of benzene rings is 7. The summed E-state index contributed by atoms with van der Waals surface area (Å²) in [6, 6.07) is 61.3. The molecule has 4 saturated carbocycles. The van der Waals surface area contributed by atoms with E-state index in [1.165, 1.54) is 68.9 Å². The van der Waals surface area contributed by atoms with E-state index in [4.69, 9.17) is 28.7 Å². The number of hydrogen-bond acceptors (Lipinski definition) is 21. The number of aryl methyl sites for hydroxylation is 3. The second-order valence-corrected chi connectivity index (χ2v) is 39.0. The summed E-state index contributed by atoms with van der Waals surface area (Å²) in [5.74, 6) is 0.529. The van der Waals surface area contributed by atoms with Gasteiger partial charge in [0.15, 0.2) is 11.6 Å². The Labute approximate surface area is 889 Å². The van der Waals surface area contributed by atoms with Crippen LogP contribution in [0.3, 0.4) is 0 Å². The molecule has 6 atom stereocenters. The molecule has 4 fully saturated rings. The Balaban J connectivity index is 0.000000207. The van der Waals surface area contributed by atoms with Gasteiger partial charge in [-0.2, -0.15) is 10.2 Å². The number of halogens is 7. The molecule has 4 aliphatic carbocycles. The average molecular weight is 2040 g/mol. The first kappa shape index (κ1) is 115. The van der Waals surface area contributed by atoms with E-state index in [0.29, 0.717) is 57.5 Å². The maximum atomic E-state index is 15.1. The van der Waals surface area contributed by atoms with Crippen LogP contribution in [0.2, 0.25) is 0 Å². The third-order valence-corrected chi connectivity index (χ3v) is 26.4. The van der Waals surface area contributed by atoms with Crippen molar-refractivity contribution >= 4 is 106 Å². The maximum Gasteiger partial charge on any atom is 1.00 e. The van der Waals surface area contributed by atoms with E-state index in [1.54, 1.807) is 150 Å². The molecular formula is C112H122BCl2F5N20NaO4S. The molecule has 9 aromatic heterocycles. The monoisotopic (exact) mass is 2040 g/mol. The van der Waals surface area contributed by atoms with Gasteiger partial charge in [-0.1, -0.05) is 62.0 Å². The van der Waals surface area contributed by atoms with E-state index in [1.807, 2.05) is 157 Å². The van der Waals surface area contributed by atoms with Gasteiger partial charge in [0.05, 0.1) is 85.8 Å². The summed E-state index contributed by atoms with van der Waals surface area (Å²) in [6.07, 6.45) is 31.4. The van der Waals surface area contributed by atoms with E-state index in [-0.39, 0.29) is 149 Å². The van der Waals surface area contributed by atoms with Gasteiger partial charge in [-0.05, 0) is 366 Å². The molecular weight excluding hydrogens is 1920 g/mol. The van der Waals surface area contributed by atoms with Crippen LogP contribution in [-0.4, -0.2) is 109 Å². The van der Waals surface area contributed by atoms with Crippen LogP contribution in [0, 0.1) is 73.5 Å². The fourth-order valence-corrected chi connectivity index (χ4v) is 16.9. The molecule has 753 valence electrons. The second-order valence-electron chi connectivity index (χ2n) is 37.0. The number of fused-ring (bicyclic) bond motifs is 2. The summed E-state index contributed by atoms with van der Waals surface area (Å²) in [5, 5.41) is 23.8. The quantitative estimate of drug-likeness (QED) is 0.00664. The van der Waals surface area contributed by atoms with Crippen LogP contribution in [-0.2, 0) is 28.6 Å². The summed E-state index contributed by atoms with van der Waals surface area (Å²) >= 11 is 0.